The zero-order valence-corrected chi connectivity index (χ0v) is 12.4. The normalized spacial score (nSPS) is 38.4. The van der Waals surface area contributed by atoms with Gasteiger partial charge in [-0.3, -0.25) is 4.79 Å². The first-order chi connectivity index (χ1) is 9.67. The largest absolute Gasteiger partial charge is 0.389 e. The highest BCUT2D eigenvalue weighted by Crippen LogP contribution is 2.39. The van der Waals surface area contributed by atoms with Gasteiger partial charge in [-0.2, -0.15) is 0 Å². The van der Waals surface area contributed by atoms with Crippen LogP contribution in [0.25, 0.3) is 0 Å². The van der Waals surface area contributed by atoms with E-state index >= 15 is 0 Å². The smallest absolute Gasteiger partial charge is 0.224 e. The van der Waals surface area contributed by atoms with E-state index in [1.54, 1.807) is 0 Å². The third kappa shape index (κ3) is 3.01. The van der Waals surface area contributed by atoms with Crippen LogP contribution < -0.4 is 5.32 Å². The van der Waals surface area contributed by atoms with Crippen molar-refractivity contribution in [3.05, 3.63) is 0 Å². The predicted molar refractivity (Wildman–Crippen MR) is 78.4 cm³/mol. The fourth-order valence-electron chi connectivity index (χ4n) is 4.24. The van der Waals surface area contributed by atoms with Crippen molar-refractivity contribution in [1.29, 1.82) is 0 Å². The predicted octanol–water partition coefficient (Wildman–Crippen LogP) is 1.67. The van der Waals surface area contributed by atoms with Gasteiger partial charge in [0.05, 0.1) is 5.60 Å². The lowest BCUT2D eigenvalue weighted by Crippen LogP contribution is -2.55. The highest BCUT2D eigenvalue weighted by Gasteiger charge is 2.43. The van der Waals surface area contributed by atoms with E-state index in [1.807, 2.05) is 4.90 Å². The molecule has 0 aromatic carbocycles. The third-order valence-electron chi connectivity index (χ3n) is 5.61. The van der Waals surface area contributed by atoms with Crippen molar-refractivity contribution in [2.24, 2.45) is 5.92 Å². The van der Waals surface area contributed by atoms with Crippen molar-refractivity contribution in [3.8, 4) is 0 Å². The van der Waals surface area contributed by atoms with Crippen molar-refractivity contribution < 1.29 is 9.90 Å². The number of nitrogens with one attached hydrogen (secondary N) is 1. The van der Waals surface area contributed by atoms with E-state index in [0.717, 1.165) is 51.7 Å². The summed E-state index contributed by atoms with van der Waals surface area (Å²) in [7, 11) is 0. The summed E-state index contributed by atoms with van der Waals surface area (Å²) in [5.74, 6) is 0.602. The Morgan fingerprint density at radius 1 is 1.20 bits per heavy atom. The van der Waals surface area contributed by atoms with Crippen molar-refractivity contribution in [2.45, 2.75) is 69.4 Å². The summed E-state index contributed by atoms with van der Waals surface area (Å²) in [6, 6.07) is 0.378. The molecule has 0 radical (unpaired) electrons. The average Bonchev–Trinajstić information content (AvgIpc) is 2.47. The van der Waals surface area contributed by atoms with Crippen molar-refractivity contribution in [3.63, 3.8) is 0 Å². The minimum Gasteiger partial charge on any atom is -0.389 e. The van der Waals surface area contributed by atoms with Crippen molar-refractivity contribution in [1.82, 2.24) is 10.2 Å². The molecule has 4 nitrogen and oxygen atoms in total. The van der Waals surface area contributed by atoms with E-state index in [4.69, 9.17) is 0 Å². The number of carbonyl (C=O) groups excluding carboxylic acids is 1. The quantitative estimate of drug-likeness (QED) is 0.809. The number of fused-ring (bicyclic) bond motifs is 1. The molecule has 3 rings (SSSR count). The number of amides is 1. The Kier molecular flexibility index (Phi) is 4.32. The topological polar surface area (TPSA) is 52.6 Å². The van der Waals surface area contributed by atoms with Crippen molar-refractivity contribution in [2.75, 3.05) is 19.6 Å². The molecule has 3 atom stereocenters. The molecule has 0 aromatic heterocycles. The minimum absolute atomic E-state index is 0.289. The van der Waals surface area contributed by atoms with E-state index in [9.17, 15) is 9.90 Å². The number of aliphatic hydroxyl groups is 1. The molecule has 1 saturated carbocycles. The van der Waals surface area contributed by atoms with Crippen LogP contribution in [0.5, 0.6) is 0 Å². The molecule has 1 aliphatic carbocycles. The van der Waals surface area contributed by atoms with E-state index in [2.05, 4.69) is 5.32 Å². The molecule has 0 aromatic rings. The zero-order chi connectivity index (χ0) is 14.0. The van der Waals surface area contributed by atoms with Gasteiger partial charge in [-0.1, -0.05) is 19.3 Å². The number of carbonyl (C=O) groups is 1. The molecule has 0 bridgehead atoms. The summed E-state index contributed by atoms with van der Waals surface area (Å²) in [6.07, 6.45) is 9.41. The van der Waals surface area contributed by atoms with Gasteiger partial charge >= 0.3 is 0 Å². The fourth-order valence-corrected chi connectivity index (χ4v) is 4.24. The summed E-state index contributed by atoms with van der Waals surface area (Å²) in [5, 5.41) is 14.1. The lowest BCUT2D eigenvalue weighted by atomic mass is 9.71. The molecule has 4 heteroatoms. The van der Waals surface area contributed by atoms with Crippen LogP contribution in [-0.4, -0.2) is 47.2 Å². The first kappa shape index (κ1) is 14.3. The fraction of sp³-hybridized carbons (Fsp3) is 0.938. The first-order valence-electron chi connectivity index (χ1n) is 8.41. The van der Waals surface area contributed by atoms with Gasteiger partial charge in [0.15, 0.2) is 0 Å². The van der Waals surface area contributed by atoms with E-state index in [1.165, 1.54) is 19.3 Å². The Labute approximate surface area is 121 Å². The van der Waals surface area contributed by atoms with E-state index in [-0.39, 0.29) is 5.91 Å². The number of likely N-dealkylation sites (tertiary alicyclic amines) is 1. The zero-order valence-electron chi connectivity index (χ0n) is 12.4. The van der Waals surface area contributed by atoms with Gasteiger partial charge in [-0.05, 0) is 38.6 Å². The van der Waals surface area contributed by atoms with Crippen LogP contribution in [0.3, 0.4) is 0 Å². The lowest BCUT2D eigenvalue weighted by molar-refractivity contribution is -0.143. The standard InChI is InChI=1S/C16H28N2O2/c19-15(11-14-6-2-4-9-17-14)18-10-8-16(20)7-3-1-5-13(16)12-18/h13-14,17,20H,1-12H2. The number of nitrogens with zero attached hydrogens (tertiary/aromatic N) is 1. The van der Waals surface area contributed by atoms with Gasteiger partial charge in [-0.25, -0.2) is 0 Å². The van der Waals surface area contributed by atoms with Gasteiger partial charge < -0.3 is 15.3 Å². The molecule has 3 fully saturated rings. The van der Waals surface area contributed by atoms with E-state index in [0.29, 0.717) is 18.4 Å². The summed E-state index contributed by atoms with van der Waals surface area (Å²) in [5.41, 5.74) is -0.474. The van der Waals surface area contributed by atoms with Crippen molar-refractivity contribution >= 4 is 5.91 Å². The Balaban J connectivity index is 1.54. The Hall–Kier alpha value is -0.610. The molecule has 2 heterocycles. The molecule has 2 aliphatic heterocycles. The second-order valence-corrected chi connectivity index (χ2v) is 6.99. The summed E-state index contributed by atoms with van der Waals surface area (Å²) >= 11 is 0. The van der Waals surface area contributed by atoms with Gasteiger partial charge in [-0.15, -0.1) is 0 Å². The van der Waals surface area contributed by atoms with Gasteiger partial charge in [0.1, 0.15) is 0 Å². The first-order valence-corrected chi connectivity index (χ1v) is 8.41. The second-order valence-electron chi connectivity index (χ2n) is 6.99. The number of hydrogen-bond donors (Lipinski definition) is 2. The average molecular weight is 280 g/mol. The van der Waals surface area contributed by atoms with Crippen LogP contribution in [-0.2, 0) is 4.79 Å². The minimum atomic E-state index is -0.474. The number of rotatable bonds is 2. The van der Waals surface area contributed by atoms with Gasteiger partial charge in [0.2, 0.25) is 5.91 Å². The molecule has 2 N–H and O–H groups in total. The van der Waals surface area contributed by atoms with Crippen LogP contribution in [0.15, 0.2) is 0 Å². The number of piperidine rings is 2. The monoisotopic (exact) mass is 280 g/mol. The highest BCUT2D eigenvalue weighted by atomic mass is 16.3. The summed E-state index contributed by atoms with van der Waals surface area (Å²) in [6.45, 7) is 2.58. The Morgan fingerprint density at radius 2 is 2.05 bits per heavy atom. The van der Waals surface area contributed by atoms with E-state index < -0.39 is 5.60 Å². The highest BCUT2D eigenvalue weighted by molar-refractivity contribution is 5.77. The molecule has 3 aliphatic rings. The Bertz CT molecular complexity index is 354. The molecule has 0 spiro atoms. The van der Waals surface area contributed by atoms with Crippen LogP contribution in [0.4, 0.5) is 0 Å². The molecule has 20 heavy (non-hydrogen) atoms. The molecule has 1 amide bonds. The van der Waals surface area contributed by atoms with Crippen LogP contribution >= 0.6 is 0 Å². The molecule has 2 saturated heterocycles. The van der Waals surface area contributed by atoms with Gasteiger partial charge in [0, 0.05) is 31.5 Å². The molecule has 114 valence electrons. The van der Waals surface area contributed by atoms with Crippen LogP contribution in [0.1, 0.15) is 57.8 Å². The number of hydrogen-bond acceptors (Lipinski definition) is 3. The maximum atomic E-state index is 12.4. The van der Waals surface area contributed by atoms with Gasteiger partial charge in [0.25, 0.3) is 0 Å². The maximum absolute atomic E-state index is 12.4. The Morgan fingerprint density at radius 3 is 2.85 bits per heavy atom. The molecular weight excluding hydrogens is 252 g/mol. The third-order valence-corrected chi connectivity index (χ3v) is 5.61. The summed E-state index contributed by atoms with van der Waals surface area (Å²) in [4.78, 5) is 14.5. The van der Waals surface area contributed by atoms with Crippen LogP contribution in [0, 0.1) is 5.92 Å². The maximum Gasteiger partial charge on any atom is 0.224 e. The summed E-state index contributed by atoms with van der Waals surface area (Å²) < 4.78 is 0. The van der Waals surface area contributed by atoms with Crippen LogP contribution in [0.2, 0.25) is 0 Å². The lowest BCUT2D eigenvalue weighted by Gasteiger charge is -2.47. The second kappa shape index (κ2) is 6.02. The SMILES string of the molecule is O=C(CC1CCCCN1)N1CCC2(O)CCCCC2C1. The molecule has 3 unspecified atom stereocenters. The molecular formula is C16H28N2O2.